The third-order valence-electron chi connectivity index (χ3n) is 0.215. The predicted octanol–water partition coefficient (Wildman–Crippen LogP) is 0.0978. The minimum absolute atomic E-state index is 0.153. The maximum Gasteiger partial charge on any atom is 0.106 e. The van der Waals surface area contributed by atoms with Crippen molar-refractivity contribution in [3.63, 3.8) is 0 Å². The van der Waals surface area contributed by atoms with Crippen LogP contribution in [0.25, 0.3) is 0 Å². The first-order chi connectivity index (χ1) is 2.27. The molecule has 0 amide bonds. The second-order valence-electron chi connectivity index (χ2n) is 0.841. The average molecular weight is 93.1 g/mol. The largest absolute Gasteiger partial charge is 0.348 e. The summed E-state index contributed by atoms with van der Waals surface area (Å²) in [5.41, 5.74) is 5.05. The minimum Gasteiger partial charge on any atom is -0.348 e. The summed E-state index contributed by atoms with van der Waals surface area (Å²) in [5.74, 6) is 0. The van der Waals surface area contributed by atoms with Crippen molar-refractivity contribution in [3.8, 4) is 0 Å². The molecular weight excluding hydrogens is 85.0 g/mol. The first-order valence-electron chi connectivity index (χ1n) is 1.38. The Morgan fingerprint density at radius 2 is 2.20 bits per heavy atom. The van der Waals surface area contributed by atoms with Crippen LogP contribution in [0.3, 0.4) is 0 Å². The molecule has 0 aromatic heterocycles. The van der Waals surface area contributed by atoms with E-state index in [-0.39, 0.29) is 6.23 Å². The van der Waals surface area contributed by atoms with E-state index in [9.17, 15) is 0 Å². The fourth-order valence-corrected chi connectivity index (χ4v) is 0. The number of rotatable bonds is 1. The summed E-state index contributed by atoms with van der Waals surface area (Å²) in [6, 6.07) is 0. The molecule has 0 aliphatic carbocycles. The van der Waals surface area contributed by atoms with Crippen LogP contribution in [0.15, 0.2) is 0 Å². The van der Waals surface area contributed by atoms with E-state index >= 15 is 0 Å². The van der Waals surface area contributed by atoms with E-state index in [1.54, 1.807) is 6.92 Å². The monoisotopic (exact) mass is 93.0 g/mol. The Labute approximate surface area is 34.0 Å². The fourth-order valence-electron chi connectivity index (χ4n) is 0. The number of hydrogen-bond acceptors (Lipinski definition) is 2. The van der Waals surface area contributed by atoms with Gasteiger partial charge in [-0.2, -0.15) is 0 Å². The van der Waals surface area contributed by atoms with Gasteiger partial charge in [-0.25, -0.2) is 0 Å². The van der Waals surface area contributed by atoms with Crippen LogP contribution in [0, 0.1) is 0 Å². The van der Waals surface area contributed by atoms with Gasteiger partial charge in [-0.15, -0.1) is 0 Å². The highest BCUT2D eigenvalue weighted by Crippen LogP contribution is 1.85. The van der Waals surface area contributed by atoms with Crippen molar-refractivity contribution in [3.05, 3.63) is 0 Å². The second-order valence-corrected chi connectivity index (χ2v) is 1.11. The van der Waals surface area contributed by atoms with Gasteiger partial charge in [-0.1, -0.05) is 0 Å². The van der Waals surface area contributed by atoms with E-state index in [0.717, 1.165) is 0 Å². The molecule has 0 aliphatic rings. The van der Waals surface area contributed by atoms with E-state index in [2.05, 4.69) is 14.0 Å². The van der Waals surface area contributed by atoms with Crippen LogP contribution in [0.4, 0.5) is 0 Å². The SMILES string of the molecule is CC(N)OP. The van der Waals surface area contributed by atoms with Gasteiger partial charge in [0.05, 0.1) is 0 Å². The Kier molecular flexibility index (Phi) is 2.76. The molecule has 0 rings (SSSR count). The van der Waals surface area contributed by atoms with E-state index < -0.39 is 0 Å². The van der Waals surface area contributed by atoms with Crippen LogP contribution in [0.2, 0.25) is 0 Å². The van der Waals surface area contributed by atoms with E-state index in [4.69, 9.17) is 5.73 Å². The van der Waals surface area contributed by atoms with Crippen molar-refractivity contribution < 1.29 is 4.52 Å². The van der Waals surface area contributed by atoms with Crippen molar-refractivity contribution in [2.45, 2.75) is 13.2 Å². The molecule has 3 heteroatoms. The lowest BCUT2D eigenvalue weighted by Crippen LogP contribution is -2.13. The number of nitrogens with two attached hydrogens (primary N) is 1. The second kappa shape index (κ2) is 2.58. The van der Waals surface area contributed by atoms with Crippen LogP contribution < -0.4 is 5.73 Å². The highest BCUT2D eigenvalue weighted by atomic mass is 31.0. The first kappa shape index (κ1) is 5.35. The molecule has 0 aromatic carbocycles. The van der Waals surface area contributed by atoms with Crippen LogP contribution in [0.5, 0.6) is 0 Å². The van der Waals surface area contributed by atoms with Gasteiger partial charge in [0.15, 0.2) is 0 Å². The lowest BCUT2D eigenvalue weighted by atomic mass is 10.7. The van der Waals surface area contributed by atoms with Crippen molar-refractivity contribution in [2.24, 2.45) is 5.73 Å². The van der Waals surface area contributed by atoms with Crippen LogP contribution in [-0.2, 0) is 4.52 Å². The topological polar surface area (TPSA) is 35.2 Å². The zero-order valence-corrected chi connectivity index (χ0v) is 4.29. The highest BCUT2D eigenvalue weighted by Gasteiger charge is 1.78. The summed E-state index contributed by atoms with van der Waals surface area (Å²) >= 11 is 0. The van der Waals surface area contributed by atoms with E-state index in [0.29, 0.717) is 0 Å². The zero-order valence-electron chi connectivity index (χ0n) is 3.14. The molecule has 5 heavy (non-hydrogen) atoms. The Balaban J connectivity index is 2.54. The standard InChI is InChI=1S/C2H8NOP/c1-2(3)4-5/h2H,3,5H2,1H3. The lowest BCUT2D eigenvalue weighted by Gasteiger charge is -1.95. The summed E-state index contributed by atoms with van der Waals surface area (Å²) in [7, 11) is 2.07. The molecule has 0 aromatic rings. The van der Waals surface area contributed by atoms with Crippen LogP contribution >= 0.6 is 9.47 Å². The summed E-state index contributed by atoms with van der Waals surface area (Å²) in [5, 5.41) is 0. The van der Waals surface area contributed by atoms with Crippen LogP contribution in [-0.4, -0.2) is 6.23 Å². The fraction of sp³-hybridized carbons (Fsp3) is 1.00. The molecule has 0 saturated carbocycles. The van der Waals surface area contributed by atoms with Crippen molar-refractivity contribution >= 4 is 9.47 Å². The van der Waals surface area contributed by atoms with E-state index in [1.165, 1.54) is 0 Å². The molecule has 0 saturated heterocycles. The molecule has 0 radical (unpaired) electrons. The highest BCUT2D eigenvalue weighted by molar-refractivity contribution is 7.09. The Bertz CT molecular complexity index is 23.6. The summed E-state index contributed by atoms with van der Waals surface area (Å²) in [6.07, 6.45) is -0.153. The quantitative estimate of drug-likeness (QED) is 0.368. The molecule has 0 aliphatic heterocycles. The van der Waals surface area contributed by atoms with E-state index in [1.807, 2.05) is 0 Å². The first-order valence-corrected chi connectivity index (χ1v) is 1.85. The summed E-state index contributed by atoms with van der Waals surface area (Å²) in [6.45, 7) is 1.76. The van der Waals surface area contributed by atoms with Gasteiger partial charge < -0.3 is 10.3 Å². The Hall–Kier alpha value is 0.350. The van der Waals surface area contributed by atoms with Crippen molar-refractivity contribution in [2.75, 3.05) is 0 Å². The lowest BCUT2D eigenvalue weighted by molar-refractivity contribution is 0.273. The molecule has 0 fully saturated rings. The molecule has 0 heterocycles. The Morgan fingerprint density at radius 3 is 2.20 bits per heavy atom. The normalized spacial score (nSPS) is 15.0. The van der Waals surface area contributed by atoms with Crippen molar-refractivity contribution in [1.29, 1.82) is 0 Å². The van der Waals surface area contributed by atoms with Gasteiger partial charge in [0.1, 0.15) is 6.23 Å². The smallest absolute Gasteiger partial charge is 0.106 e. The van der Waals surface area contributed by atoms with Crippen LogP contribution in [0.1, 0.15) is 6.92 Å². The minimum atomic E-state index is -0.153. The maximum atomic E-state index is 5.05. The molecule has 2 N–H and O–H groups in total. The van der Waals surface area contributed by atoms with Gasteiger partial charge in [0.25, 0.3) is 0 Å². The molecule has 2 atom stereocenters. The van der Waals surface area contributed by atoms with Gasteiger partial charge in [-0.3, -0.25) is 0 Å². The molecule has 0 bridgehead atoms. The third kappa shape index (κ3) is 4.35. The summed E-state index contributed by atoms with van der Waals surface area (Å²) < 4.78 is 4.44. The average Bonchev–Trinajstić information content (AvgIpc) is 1.38. The molecule has 32 valence electrons. The maximum absolute atomic E-state index is 5.05. The number of hydrogen-bond donors (Lipinski definition) is 1. The summed E-state index contributed by atoms with van der Waals surface area (Å²) in [4.78, 5) is 0. The van der Waals surface area contributed by atoms with Gasteiger partial charge in [0.2, 0.25) is 0 Å². The third-order valence-corrected chi connectivity index (χ3v) is 0.644. The molecule has 0 spiro atoms. The zero-order chi connectivity index (χ0) is 4.28. The van der Waals surface area contributed by atoms with Gasteiger partial charge in [0, 0.05) is 9.47 Å². The van der Waals surface area contributed by atoms with Gasteiger partial charge in [-0.05, 0) is 6.92 Å². The van der Waals surface area contributed by atoms with Gasteiger partial charge >= 0.3 is 0 Å². The van der Waals surface area contributed by atoms with Crippen molar-refractivity contribution in [1.82, 2.24) is 0 Å². The Morgan fingerprint density at radius 1 is 2.00 bits per heavy atom. The predicted molar refractivity (Wildman–Crippen MR) is 24.4 cm³/mol. The molecule has 2 nitrogen and oxygen atoms in total. The molecule has 2 unspecified atom stereocenters. The molecular formula is C2H8NOP.